The monoisotopic (exact) mass is 215 g/mol. The fraction of sp³-hybridized carbons (Fsp3) is 0.455. The molecule has 0 bridgehead atoms. The van der Waals surface area contributed by atoms with Gasteiger partial charge < -0.3 is 10.8 Å². The molecule has 15 heavy (non-hydrogen) atoms. The summed E-state index contributed by atoms with van der Waals surface area (Å²) < 4.78 is 25.5. The van der Waals surface area contributed by atoms with Gasteiger partial charge in [-0.3, -0.25) is 0 Å². The number of aliphatic hydroxyl groups is 1. The van der Waals surface area contributed by atoms with Gasteiger partial charge in [0.05, 0.1) is 6.10 Å². The number of nitrogens with two attached hydrogens (primary N) is 1. The van der Waals surface area contributed by atoms with E-state index in [2.05, 4.69) is 0 Å². The first-order valence-electron chi connectivity index (χ1n) is 4.93. The second-order valence-electron chi connectivity index (χ2n) is 3.52. The molecule has 3 N–H and O–H groups in total. The fourth-order valence-corrected chi connectivity index (χ4v) is 1.49. The van der Waals surface area contributed by atoms with E-state index in [1.165, 1.54) is 6.07 Å². The van der Waals surface area contributed by atoms with Crippen LogP contribution in [0.1, 0.15) is 25.0 Å². The van der Waals surface area contributed by atoms with Gasteiger partial charge in [-0.25, -0.2) is 8.78 Å². The Bertz CT molecular complexity index is 326. The Morgan fingerprint density at radius 3 is 2.47 bits per heavy atom. The summed E-state index contributed by atoms with van der Waals surface area (Å²) in [6.45, 7) is 2.21. The van der Waals surface area contributed by atoms with Gasteiger partial charge in [0.15, 0.2) is 11.6 Å². The topological polar surface area (TPSA) is 46.2 Å². The van der Waals surface area contributed by atoms with Crippen molar-refractivity contribution in [2.75, 3.05) is 6.54 Å². The second-order valence-corrected chi connectivity index (χ2v) is 3.52. The lowest BCUT2D eigenvalue weighted by Gasteiger charge is -2.20. The fourth-order valence-electron chi connectivity index (χ4n) is 1.49. The molecule has 1 rings (SSSR count). The van der Waals surface area contributed by atoms with Gasteiger partial charge in [-0.2, -0.15) is 0 Å². The molecule has 1 aromatic carbocycles. The van der Waals surface area contributed by atoms with Gasteiger partial charge >= 0.3 is 0 Å². The molecule has 0 radical (unpaired) electrons. The molecule has 0 saturated heterocycles. The van der Waals surface area contributed by atoms with Crippen molar-refractivity contribution >= 4 is 0 Å². The largest absolute Gasteiger partial charge is 0.388 e. The van der Waals surface area contributed by atoms with E-state index in [1.54, 1.807) is 0 Å². The first-order chi connectivity index (χ1) is 7.10. The van der Waals surface area contributed by atoms with Crippen LogP contribution in [0.15, 0.2) is 18.2 Å². The zero-order valence-corrected chi connectivity index (χ0v) is 8.58. The third-order valence-corrected chi connectivity index (χ3v) is 2.56. The van der Waals surface area contributed by atoms with Gasteiger partial charge in [0.1, 0.15) is 0 Å². The standard InChI is InChI=1S/C11H15F2NO/c1-2-7(6-14)11(15)8-3-4-9(12)10(13)5-8/h3-5,7,11,15H,2,6,14H2,1H3. The summed E-state index contributed by atoms with van der Waals surface area (Å²) in [7, 11) is 0. The minimum Gasteiger partial charge on any atom is -0.388 e. The Morgan fingerprint density at radius 1 is 1.33 bits per heavy atom. The SMILES string of the molecule is CCC(CN)C(O)c1ccc(F)c(F)c1. The summed E-state index contributed by atoms with van der Waals surface area (Å²) in [5, 5.41) is 9.83. The van der Waals surface area contributed by atoms with Gasteiger partial charge in [-0.15, -0.1) is 0 Å². The van der Waals surface area contributed by atoms with E-state index in [0.29, 0.717) is 18.5 Å². The normalized spacial score (nSPS) is 15.0. The lowest BCUT2D eigenvalue weighted by molar-refractivity contribution is 0.109. The average molecular weight is 215 g/mol. The molecule has 0 heterocycles. The van der Waals surface area contributed by atoms with Crippen molar-refractivity contribution in [2.45, 2.75) is 19.4 Å². The van der Waals surface area contributed by atoms with Crippen molar-refractivity contribution < 1.29 is 13.9 Å². The molecular weight excluding hydrogens is 200 g/mol. The molecule has 0 fully saturated rings. The zero-order valence-electron chi connectivity index (χ0n) is 8.58. The first kappa shape index (κ1) is 12.1. The van der Waals surface area contributed by atoms with Gasteiger partial charge in [0.25, 0.3) is 0 Å². The summed E-state index contributed by atoms with van der Waals surface area (Å²) in [6, 6.07) is 3.40. The molecule has 0 spiro atoms. The van der Waals surface area contributed by atoms with E-state index in [1.807, 2.05) is 6.92 Å². The van der Waals surface area contributed by atoms with Crippen LogP contribution in [-0.2, 0) is 0 Å². The highest BCUT2D eigenvalue weighted by Gasteiger charge is 2.18. The van der Waals surface area contributed by atoms with Crippen molar-refractivity contribution in [3.8, 4) is 0 Å². The number of rotatable bonds is 4. The van der Waals surface area contributed by atoms with Crippen LogP contribution >= 0.6 is 0 Å². The summed E-state index contributed by atoms with van der Waals surface area (Å²) in [4.78, 5) is 0. The van der Waals surface area contributed by atoms with Crippen molar-refractivity contribution in [1.29, 1.82) is 0 Å². The van der Waals surface area contributed by atoms with Crippen LogP contribution in [0.3, 0.4) is 0 Å². The van der Waals surface area contributed by atoms with Crippen molar-refractivity contribution in [2.24, 2.45) is 11.7 Å². The van der Waals surface area contributed by atoms with Crippen LogP contribution in [0.4, 0.5) is 8.78 Å². The van der Waals surface area contributed by atoms with E-state index in [9.17, 15) is 13.9 Å². The summed E-state index contributed by atoms with van der Waals surface area (Å²) in [5.41, 5.74) is 5.83. The van der Waals surface area contributed by atoms with Gasteiger partial charge in [0, 0.05) is 5.92 Å². The number of halogens is 2. The predicted molar refractivity (Wildman–Crippen MR) is 54.2 cm³/mol. The minimum absolute atomic E-state index is 0.130. The molecule has 0 aliphatic carbocycles. The lowest BCUT2D eigenvalue weighted by atomic mass is 9.93. The van der Waals surface area contributed by atoms with E-state index in [-0.39, 0.29) is 5.92 Å². The van der Waals surface area contributed by atoms with E-state index < -0.39 is 17.7 Å². The van der Waals surface area contributed by atoms with Crippen LogP contribution in [0.2, 0.25) is 0 Å². The van der Waals surface area contributed by atoms with Crippen molar-refractivity contribution in [1.82, 2.24) is 0 Å². The maximum Gasteiger partial charge on any atom is 0.159 e. The molecule has 4 heteroatoms. The molecule has 0 amide bonds. The highest BCUT2D eigenvalue weighted by Crippen LogP contribution is 2.24. The molecule has 1 aromatic rings. The molecule has 2 unspecified atom stereocenters. The third kappa shape index (κ3) is 2.73. The Morgan fingerprint density at radius 2 is 2.00 bits per heavy atom. The van der Waals surface area contributed by atoms with Gasteiger partial charge in [-0.1, -0.05) is 13.0 Å². The smallest absolute Gasteiger partial charge is 0.159 e. The van der Waals surface area contributed by atoms with E-state index >= 15 is 0 Å². The summed E-state index contributed by atoms with van der Waals surface area (Å²) >= 11 is 0. The van der Waals surface area contributed by atoms with Gasteiger partial charge in [0.2, 0.25) is 0 Å². The van der Waals surface area contributed by atoms with Gasteiger partial charge in [-0.05, 0) is 30.7 Å². The van der Waals surface area contributed by atoms with Crippen LogP contribution in [0, 0.1) is 17.6 Å². The molecule has 0 aromatic heterocycles. The molecule has 0 saturated carbocycles. The number of benzene rings is 1. The Balaban J connectivity index is 2.90. The predicted octanol–water partition coefficient (Wildman–Crippen LogP) is 1.98. The Kier molecular flexibility index (Phi) is 4.17. The summed E-state index contributed by atoms with van der Waals surface area (Å²) in [6.07, 6.45) is -0.147. The lowest BCUT2D eigenvalue weighted by Crippen LogP contribution is -2.21. The van der Waals surface area contributed by atoms with E-state index in [4.69, 9.17) is 5.73 Å². The number of aliphatic hydroxyl groups excluding tert-OH is 1. The molecule has 2 nitrogen and oxygen atoms in total. The maximum atomic E-state index is 12.9. The summed E-state index contributed by atoms with van der Waals surface area (Å²) in [5.74, 6) is -1.99. The Hall–Kier alpha value is -1.00. The quantitative estimate of drug-likeness (QED) is 0.806. The first-order valence-corrected chi connectivity index (χ1v) is 4.93. The molecule has 2 atom stereocenters. The zero-order chi connectivity index (χ0) is 11.4. The second kappa shape index (κ2) is 5.19. The molecular formula is C11H15F2NO. The maximum absolute atomic E-state index is 12.9. The average Bonchev–Trinajstić information content (AvgIpc) is 2.23. The third-order valence-electron chi connectivity index (χ3n) is 2.56. The van der Waals surface area contributed by atoms with Crippen molar-refractivity contribution in [3.63, 3.8) is 0 Å². The highest BCUT2D eigenvalue weighted by atomic mass is 19.2. The molecule has 0 aliphatic rings. The Labute approximate surface area is 87.7 Å². The minimum atomic E-state index is -0.946. The number of hydrogen-bond acceptors (Lipinski definition) is 2. The van der Waals surface area contributed by atoms with Crippen LogP contribution in [-0.4, -0.2) is 11.7 Å². The van der Waals surface area contributed by atoms with Crippen LogP contribution in [0.25, 0.3) is 0 Å². The van der Waals surface area contributed by atoms with Crippen LogP contribution in [0.5, 0.6) is 0 Å². The van der Waals surface area contributed by atoms with E-state index in [0.717, 1.165) is 12.1 Å². The highest BCUT2D eigenvalue weighted by molar-refractivity contribution is 5.20. The molecule has 0 aliphatic heterocycles. The molecule has 84 valence electrons. The number of hydrogen-bond donors (Lipinski definition) is 2. The van der Waals surface area contributed by atoms with Crippen LogP contribution < -0.4 is 5.73 Å². The van der Waals surface area contributed by atoms with Crippen molar-refractivity contribution in [3.05, 3.63) is 35.4 Å².